The van der Waals surface area contributed by atoms with Gasteiger partial charge in [-0.2, -0.15) is 0 Å². The number of hydrogen-bond donors (Lipinski definition) is 1. The Kier molecular flexibility index (Phi) is 4.91. The fraction of sp³-hybridized carbons (Fsp3) is 0.235. The van der Waals surface area contributed by atoms with Crippen molar-refractivity contribution in [2.75, 3.05) is 12.3 Å². The lowest BCUT2D eigenvalue weighted by atomic mass is 10.2. The van der Waals surface area contributed by atoms with E-state index in [4.69, 9.17) is 10.5 Å². The highest BCUT2D eigenvalue weighted by molar-refractivity contribution is 7.99. The second-order valence-electron chi connectivity index (χ2n) is 4.84. The van der Waals surface area contributed by atoms with E-state index in [1.54, 1.807) is 36.9 Å². The van der Waals surface area contributed by atoms with Crippen LogP contribution in [0.4, 0.5) is 5.69 Å². The summed E-state index contributed by atoms with van der Waals surface area (Å²) < 4.78 is 5.03. The third kappa shape index (κ3) is 3.79. The molecule has 0 saturated carbocycles. The van der Waals surface area contributed by atoms with Crippen molar-refractivity contribution in [2.45, 2.75) is 30.6 Å². The highest BCUT2D eigenvalue weighted by atomic mass is 32.2. The number of carbonyl (C=O) groups is 1. The zero-order chi connectivity index (χ0) is 15.4. The van der Waals surface area contributed by atoms with Crippen LogP contribution >= 0.6 is 11.8 Å². The predicted molar refractivity (Wildman–Crippen MR) is 86.8 cm³/mol. The number of aryl methyl sites for hydroxylation is 2. The van der Waals surface area contributed by atoms with Crippen molar-refractivity contribution in [2.24, 2.45) is 0 Å². The molecule has 0 heterocycles. The Bertz CT molecular complexity index is 668. The molecule has 0 spiro atoms. The molecule has 0 amide bonds. The number of anilines is 1. The average Bonchev–Trinajstić information content (AvgIpc) is 2.45. The van der Waals surface area contributed by atoms with Gasteiger partial charge in [0.15, 0.2) is 0 Å². The van der Waals surface area contributed by atoms with Crippen LogP contribution < -0.4 is 5.73 Å². The Morgan fingerprint density at radius 2 is 1.90 bits per heavy atom. The summed E-state index contributed by atoms with van der Waals surface area (Å²) in [6, 6.07) is 11.5. The lowest BCUT2D eigenvalue weighted by molar-refractivity contribution is 0.0526. The number of hydrogen-bond acceptors (Lipinski definition) is 4. The smallest absolute Gasteiger partial charge is 0.338 e. The van der Waals surface area contributed by atoms with Crippen LogP contribution in [0.2, 0.25) is 0 Å². The second kappa shape index (κ2) is 6.68. The first-order valence-corrected chi connectivity index (χ1v) is 7.64. The number of esters is 1. The summed E-state index contributed by atoms with van der Waals surface area (Å²) >= 11 is 1.57. The summed E-state index contributed by atoms with van der Waals surface area (Å²) in [5, 5.41) is 0. The second-order valence-corrected chi connectivity index (χ2v) is 5.93. The highest BCUT2D eigenvalue weighted by Gasteiger charge is 2.11. The lowest BCUT2D eigenvalue weighted by Crippen LogP contribution is -2.05. The lowest BCUT2D eigenvalue weighted by Gasteiger charge is -2.10. The minimum absolute atomic E-state index is 0.319. The van der Waals surface area contributed by atoms with E-state index in [0.717, 1.165) is 9.79 Å². The molecule has 0 aliphatic carbocycles. The Balaban J connectivity index is 2.33. The first-order chi connectivity index (χ1) is 10.0. The Hall–Kier alpha value is -1.94. The SMILES string of the molecule is CCOC(=O)c1ccc(N)c(Sc2cc(C)ccc2C)c1. The van der Waals surface area contributed by atoms with Crippen molar-refractivity contribution in [3.05, 3.63) is 53.1 Å². The number of rotatable bonds is 4. The molecule has 110 valence electrons. The summed E-state index contributed by atoms with van der Waals surface area (Å²) in [6.45, 7) is 6.28. The van der Waals surface area contributed by atoms with Crippen LogP contribution in [0.1, 0.15) is 28.4 Å². The summed E-state index contributed by atoms with van der Waals surface area (Å²) in [4.78, 5) is 13.8. The molecule has 0 aliphatic rings. The first kappa shape index (κ1) is 15.4. The quantitative estimate of drug-likeness (QED) is 0.679. The van der Waals surface area contributed by atoms with E-state index >= 15 is 0 Å². The zero-order valence-electron chi connectivity index (χ0n) is 12.5. The summed E-state index contributed by atoms with van der Waals surface area (Å²) in [6.07, 6.45) is 0. The van der Waals surface area contributed by atoms with E-state index in [1.807, 2.05) is 0 Å². The Labute approximate surface area is 129 Å². The summed E-state index contributed by atoms with van der Waals surface area (Å²) in [7, 11) is 0. The number of nitrogen functional groups attached to an aromatic ring is 1. The number of ether oxygens (including phenoxy) is 1. The van der Waals surface area contributed by atoms with Crippen molar-refractivity contribution >= 4 is 23.4 Å². The van der Waals surface area contributed by atoms with Crippen molar-refractivity contribution < 1.29 is 9.53 Å². The maximum atomic E-state index is 11.8. The fourth-order valence-corrected chi connectivity index (χ4v) is 2.98. The molecular weight excluding hydrogens is 282 g/mol. The van der Waals surface area contributed by atoms with Gasteiger partial charge in [0.25, 0.3) is 0 Å². The van der Waals surface area contributed by atoms with Gasteiger partial charge >= 0.3 is 5.97 Å². The van der Waals surface area contributed by atoms with E-state index < -0.39 is 0 Å². The third-order valence-electron chi connectivity index (χ3n) is 3.09. The van der Waals surface area contributed by atoms with Gasteiger partial charge in [-0.05, 0) is 56.2 Å². The van der Waals surface area contributed by atoms with Crippen LogP contribution in [-0.4, -0.2) is 12.6 Å². The van der Waals surface area contributed by atoms with Crippen LogP contribution in [0.25, 0.3) is 0 Å². The molecule has 2 N–H and O–H groups in total. The van der Waals surface area contributed by atoms with Crippen molar-refractivity contribution in [1.29, 1.82) is 0 Å². The predicted octanol–water partition coefficient (Wildman–Crippen LogP) is 4.21. The molecular formula is C17H19NO2S. The van der Waals surface area contributed by atoms with Crippen LogP contribution in [-0.2, 0) is 4.74 Å². The van der Waals surface area contributed by atoms with Crippen molar-refractivity contribution in [3.63, 3.8) is 0 Å². The van der Waals surface area contributed by atoms with Crippen LogP contribution in [0.15, 0.2) is 46.2 Å². The Morgan fingerprint density at radius 1 is 1.14 bits per heavy atom. The van der Waals surface area contributed by atoms with E-state index in [-0.39, 0.29) is 5.97 Å². The molecule has 0 bridgehead atoms. The van der Waals surface area contributed by atoms with Crippen molar-refractivity contribution in [3.8, 4) is 0 Å². The summed E-state index contributed by atoms with van der Waals surface area (Å²) in [5.74, 6) is -0.319. The zero-order valence-corrected chi connectivity index (χ0v) is 13.3. The van der Waals surface area contributed by atoms with Gasteiger partial charge in [0, 0.05) is 15.5 Å². The molecule has 0 radical (unpaired) electrons. The fourth-order valence-electron chi connectivity index (χ4n) is 1.90. The van der Waals surface area contributed by atoms with E-state index in [2.05, 4.69) is 32.0 Å². The molecule has 0 unspecified atom stereocenters. The number of carbonyl (C=O) groups excluding carboxylic acids is 1. The Morgan fingerprint density at radius 3 is 2.62 bits per heavy atom. The average molecular weight is 301 g/mol. The maximum Gasteiger partial charge on any atom is 0.338 e. The molecule has 4 heteroatoms. The van der Waals surface area contributed by atoms with Gasteiger partial charge in [-0.1, -0.05) is 23.9 Å². The van der Waals surface area contributed by atoms with Gasteiger partial charge in [-0.25, -0.2) is 4.79 Å². The van der Waals surface area contributed by atoms with Crippen LogP contribution in [0.5, 0.6) is 0 Å². The maximum absolute atomic E-state index is 11.8. The molecule has 2 aromatic carbocycles. The van der Waals surface area contributed by atoms with Gasteiger partial charge < -0.3 is 10.5 Å². The van der Waals surface area contributed by atoms with Gasteiger partial charge in [-0.3, -0.25) is 0 Å². The molecule has 2 aromatic rings. The van der Waals surface area contributed by atoms with Gasteiger partial charge in [0.1, 0.15) is 0 Å². The van der Waals surface area contributed by atoms with Crippen molar-refractivity contribution in [1.82, 2.24) is 0 Å². The largest absolute Gasteiger partial charge is 0.462 e. The van der Waals surface area contributed by atoms with Gasteiger partial charge in [0.2, 0.25) is 0 Å². The molecule has 0 saturated heterocycles. The minimum atomic E-state index is -0.319. The molecule has 3 nitrogen and oxygen atoms in total. The van der Waals surface area contributed by atoms with Gasteiger partial charge in [0.05, 0.1) is 12.2 Å². The first-order valence-electron chi connectivity index (χ1n) is 6.83. The number of nitrogens with two attached hydrogens (primary N) is 1. The molecule has 0 aromatic heterocycles. The molecule has 0 atom stereocenters. The van der Waals surface area contributed by atoms with E-state index in [1.165, 1.54) is 11.1 Å². The monoisotopic (exact) mass is 301 g/mol. The van der Waals surface area contributed by atoms with E-state index in [0.29, 0.717) is 17.9 Å². The van der Waals surface area contributed by atoms with Crippen LogP contribution in [0, 0.1) is 13.8 Å². The summed E-state index contributed by atoms with van der Waals surface area (Å²) in [5.41, 5.74) is 9.60. The normalized spacial score (nSPS) is 10.4. The van der Waals surface area contributed by atoms with E-state index in [9.17, 15) is 4.79 Å². The minimum Gasteiger partial charge on any atom is -0.462 e. The molecule has 0 aliphatic heterocycles. The molecule has 0 fully saturated rings. The topological polar surface area (TPSA) is 52.3 Å². The molecule has 2 rings (SSSR count). The van der Waals surface area contributed by atoms with Crippen LogP contribution in [0.3, 0.4) is 0 Å². The van der Waals surface area contributed by atoms with Gasteiger partial charge in [-0.15, -0.1) is 0 Å². The number of benzene rings is 2. The molecule has 21 heavy (non-hydrogen) atoms. The third-order valence-corrected chi connectivity index (χ3v) is 4.32. The highest BCUT2D eigenvalue weighted by Crippen LogP contribution is 2.35. The standard InChI is InChI=1S/C17H19NO2S/c1-4-20-17(19)13-7-8-14(18)16(10-13)21-15-9-11(2)5-6-12(15)3/h5-10H,4,18H2,1-3H3.